The van der Waals surface area contributed by atoms with Crippen LogP contribution < -0.4 is 5.32 Å². The van der Waals surface area contributed by atoms with Gasteiger partial charge in [0.15, 0.2) is 0 Å². The Morgan fingerprint density at radius 1 is 1.29 bits per heavy atom. The summed E-state index contributed by atoms with van der Waals surface area (Å²) in [7, 11) is 1.78. The number of hydrogen-bond donors (Lipinski definition) is 1. The van der Waals surface area contributed by atoms with Crippen molar-refractivity contribution in [1.82, 2.24) is 5.32 Å². The van der Waals surface area contributed by atoms with Crippen LogP contribution in [0.4, 0.5) is 0 Å². The van der Waals surface area contributed by atoms with Crippen LogP contribution in [0.2, 0.25) is 0 Å². The maximum atomic E-state index is 5.70. The minimum absolute atomic E-state index is 0.0916. The molecular formula is C18H27NO2. The van der Waals surface area contributed by atoms with Gasteiger partial charge in [0.25, 0.3) is 0 Å². The Labute approximate surface area is 127 Å². The van der Waals surface area contributed by atoms with Crippen molar-refractivity contribution in [3.63, 3.8) is 0 Å². The Hall–Kier alpha value is -1.32. The fourth-order valence-corrected chi connectivity index (χ4v) is 2.55. The zero-order valence-corrected chi connectivity index (χ0v) is 13.6. The van der Waals surface area contributed by atoms with Gasteiger partial charge in [-0.1, -0.05) is 25.1 Å². The molecule has 0 aliphatic heterocycles. The molecule has 1 N–H and O–H groups in total. The number of furan rings is 1. The van der Waals surface area contributed by atoms with Crippen LogP contribution in [0, 0.1) is 0 Å². The largest absolute Gasteiger partial charge is 0.464 e. The molecular weight excluding hydrogens is 262 g/mol. The van der Waals surface area contributed by atoms with E-state index < -0.39 is 0 Å². The van der Waals surface area contributed by atoms with Gasteiger partial charge < -0.3 is 14.5 Å². The van der Waals surface area contributed by atoms with Crippen LogP contribution in [0.1, 0.15) is 51.6 Å². The Morgan fingerprint density at radius 3 is 2.76 bits per heavy atom. The van der Waals surface area contributed by atoms with E-state index in [1.165, 1.54) is 10.9 Å². The van der Waals surface area contributed by atoms with Crippen molar-refractivity contribution < 1.29 is 9.15 Å². The van der Waals surface area contributed by atoms with Crippen molar-refractivity contribution >= 4 is 11.0 Å². The van der Waals surface area contributed by atoms with Crippen LogP contribution in [0.15, 0.2) is 34.9 Å². The van der Waals surface area contributed by atoms with Gasteiger partial charge in [0.2, 0.25) is 0 Å². The number of ether oxygens (including phenoxy) is 1. The standard InChI is InChI=1S/C18H27NO2/c1-5-12-19-16(10-11-18(2,3)20-4)15-13-21-17-9-7-6-8-14(15)17/h6-9,13,16,19H,5,10-12H2,1-4H3. The molecule has 0 bridgehead atoms. The molecule has 21 heavy (non-hydrogen) atoms. The second-order valence-electron chi connectivity index (χ2n) is 6.20. The van der Waals surface area contributed by atoms with E-state index in [0.29, 0.717) is 6.04 Å². The molecule has 1 heterocycles. The van der Waals surface area contributed by atoms with Crippen molar-refractivity contribution in [3.05, 3.63) is 36.1 Å². The summed E-state index contributed by atoms with van der Waals surface area (Å²) in [6.07, 6.45) is 5.06. The van der Waals surface area contributed by atoms with Crippen LogP contribution in [-0.2, 0) is 4.74 Å². The minimum atomic E-state index is -0.0916. The van der Waals surface area contributed by atoms with Gasteiger partial charge in [-0.15, -0.1) is 0 Å². The SMILES string of the molecule is CCCNC(CCC(C)(C)OC)c1coc2ccccc12. The minimum Gasteiger partial charge on any atom is -0.464 e. The predicted molar refractivity (Wildman–Crippen MR) is 87.6 cm³/mol. The third kappa shape index (κ3) is 4.08. The molecule has 0 amide bonds. The van der Waals surface area contributed by atoms with Gasteiger partial charge in [0, 0.05) is 24.1 Å². The lowest BCUT2D eigenvalue weighted by Crippen LogP contribution is -2.27. The third-order valence-electron chi connectivity index (χ3n) is 4.11. The first kappa shape index (κ1) is 16.1. The molecule has 0 spiro atoms. The van der Waals surface area contributed by atoms with Gasteiger partial charge in [0.1, 0.15) is 5.58 Å². The molecule has 0 fully saturated rings. The molecule has 0 aliphatic carbocycles. The van der Waals surface area contributed by atoms with Crippen molar-refractivity contribution in [2.24, 2.45) is 0 Å². The van der Waals surface area contributed by atoms with Crippen LogP contribution in [0.3, 0.4) is 0 Å². The average molecular weight is 289 g/mol. The molecule has 0 saturated heterocycles. The van der Waals surface area contributed by atoms with Gasteiger partial charge in [-0.25, -0.2) is 0 Å². The molecule has 1 unspecified atom stereocenters. The molecule has 1 aromatic heterocycles. The summed E-state index contributed by atoms with van der Waals surface area (Å²) in [5.41, 5.74) is 2.12. The van der Waals surface area contributed by atoms with Crippen molar-refractivity contribution in [1.29, 1.82) is 0 Å². The lowest BCUT2D eigenvalue weighted by Gasteiger charge is -2.26. The van der Waals surface area contributed by atoms with E-state index in [4.69, 9.17) is 9.15 Å². The summed E-state index contributed by atoms with van der Waals surface area (Å²) in [5.74, 6) is 0. The van der Waals surface area contributed by atoms with E-state index in [1.54, 1.807) is 7.11 Å². The monoisotopic (exact) mass is 289 g/mol. The normalized spacial score (nSPS) is 13.7. The summed E-state index contributed by atoms with van der Waals surface area (Å²) >= 11 is 0. The van der Waals surface area contributed by atoms with E-state index in [1.807, 2.05) is 18.4 Å². The first-order valence-corrected chi connectivity index (χ1v) is 7.82. The van der Waals surface area contributed by atoms with Crippen molar-refractivity contribution in [3.8, 4) is 0 Å². The maximum Gasteiger partial charge on any atom is 0.134 e. The Morgan fingerprint density at radius 2 is 2.05 bits per heavy atom. The number of rotatable bonds is 8. The van der Waals surface area contributed by atoms with E-state index in [9.17, 15) is 0 Å². The average Bonchev–Trinajstić information content (AvgIpc) is 2.91. The highest BCUT2D eigenvalue weighted by Gasteiger charge is 2.22. The summed E-state index contributed by atoms with van der Waals surface area (Å²) in [6.45, 7) is 7.48. The van der Waals surface area contributed by atoms with E-state index in [0.717, 1.165) is 31.4 Å². The molecule has 116 valence electrons. The Bertz CT molecular complexity index is 559. The molecule has 0 aliphatic rings. The van der Waals surface area contributed by atoms with Crippen LogP contribution >= 0.6 is 0 Å². The second-order valence-corrected chi connectivity index (χ2v) is 6.20. The molecule has 1 atom stereocenters. The maximum absolute atomic E-state index is 5.70. The van der Waals surface area contributed by atoms with Crippen molar-refractivity contribution in [2.45, 2.75) is 51.7 Å². The van der Waals surface area contributed by atoms with Gasteiger partial charge >= 0.3 is 0 Å². The predicted octanol–water partition coefficient (Wildman–Crippen LogP) is 4.68. The number of benzene rings is 1. The molecule has 2 aromatic rings. The summed E-state index contributed by atoms with van der Waals surface area (Å²) < 4.78 is 11.2. The van der Waals surface area contributed by atoms with Crippen LogP contribution in [0.5, 0.6) is 0 Å². The zero-order chi connectivity index (χ0) is 15.3. The van der Waals surface area contributed by atoms with E-state index >= 15 is 0 Å². The second kappa shape index (κ2) is 7.10. The lowest BCUT2D eigenvalue weighted by molar-refractivity contribution is 0.0117. The number of nitrogens with one attached hydrogen (secondary N) is 1. The molecule has 3 nitrogen and oxygen atoms in total. The third-order valence-corrected chi connectivity index (χ3v) is 4.11. The highest BCUT2D eigenvalue weighted by molar-refractivity contribution is 5.81. The zero-order valence-electron chi connectivity index (χ0n) is 13.6. The molecule has 3 heteroatoms. The van der Waals surface area contributed by atoms with Gasteiger partial charge in [0.05, 0.1) is 11.9 Å². The first-order valence-electron chi connectivity index (χ1n) is 7.82. The molecule has 0 saturated carbocycles. The number of para-hydroxylation sites is 1. The smallest absolute Gasteiger partial charge is 0.134 e. The Balaban J connectivity index is 2.19. The summed E-state index contributed by atoms with van der Waals surface area (Å²) in [4.78, 5) is 0. The van der Waals surface area contributed by atoms with Crippen LogP contribution in [0.25, 0.3) is 11.0 Å². The number of hydrogen-bond acceptors (Lipinski definition) is 3. The van der Waals surface area contributed by atoms with E-state index in [2.05, 4.69) is 38.2 Å². The summed E-state index contributed by atoms with van der Waals surface area (Å²) in [5, 5.41) is 4.85. The number of methoxy groups -OCH3 is 1. The Kier molecular flexibility index (Phi) is 5.43. The quantitative estimate of drug-likeness (QED) is 0.766. The fraction of sp³-hybridized carbons (Fsp3) is 0.556. The topological polar surface area (TPSA) is 34.4 Å². The number of fused-ring (bicyclic) bond motifs is 1. The van der Waals surface area contributed by atoms with Crippen LogP contribution in [-0.4, -0.2) is 19.3 Å². The van der Waals surface area contributed by atoms with Gasteiger partial charge in [-0.2, -0.15) is 0 Å². The molecule has 0 radical (unpaired) electrons. The lowest BCUT2D eigenvalue weighted by atomic mass is 9.94. The highest BCUT2D eigenvalue weighted by atomic mass is 16.5. The highest BCUT2D eigenvalue weighted by Crippen LogP contribution is 2.31. The molecule has 2 rings (SSSR count). The van der Waals surface area contributed by atoms with Gasteiger partial charge in [-0.05, 0) is 45.7 Å². The van der Waals surface area contributed by atoms with Crippen molar-refractivity contribution in [2.75, 3.05) is 13.7 Å². The van der Waals surface area contributed by atoms with E-state index in [-0.39, 0.29) is 5.60 Å². The fourth-order valence-electron chi connectivity index (χ4n) is 2.55. The first-order chi connectivity index (χ1) is 10.1. The molecule has 1 aromatic carbocycles. The summed E-state index contributed by atoms with van der Waals surface area (Å²) in [6, 6.07) is 8.54. The van der Waals surface area contributed by atoms with Gasteiger partial charge in [-0.3, -0.25) is 0 Å².